The molecular weight excluding hydrogens is 256 g/mol. The predicted octanol–water partition coefficient (Wildman–Crippen LogP) is 2.86. The Balaban J connectivity index is 3.25. The molecule has 0 saturated carbocycles. The molecule has 1 rings (SSSR count). The number of carbonyl (C=O) groups is 1. The van der Waals surface area contributed by atoms with Crippen LogP contribution in [0, 0.1) is 0 Å². The van der Waals surface area contributed by atoms with Crippen molar-refractivity contribution in [2.24, 2.45) is 0 Å². The van der Waals surface area contributed by atoms with Gasteiger partial charge in [-0.2, -0.15) is 0 Å². The van der Waals surface area contributed by atoms with Gasteiger partial charge >= 0.3 is 5.97 Å². The van der Waals surface area contributed by atoms with E-state index in [-0.39, 0.29) is 23.1 Å². The SMILES string of the molecule is CCOC(=O)c1ncc(C(F)F)c(Cl)c1OC. The summed E-state index contributed by atoms with van der Waals surface area (Å²) < 4.78 is 34.6. The Morgan fingerprint density at radius 3 is 2.71 bits per heavy atom. The first-order valence-electron chi connectivity index (χ1n) is 4.70. The topological polar surface area (TPSA) is 48.4 Å². The van der Waals surface area contributed by atoms with Gasteiger partial charge in [-0.15, -0.1) is 0 Å². The third kappa shape index (κ3) is 2.82. The van der Waals surface area contributed by atoms with Gasteiger partial charge in [0.05, 0.1) is 24.3 Å². The summed E-state index contributed by atoms with van der Waals surface area (Å²) in [5.41, 5.74) is -0.708. The summed E-state index contributed by atoms with van der Waals surface area (Å²) in [5.74, 6) is -0.977. The van der Waals surface area contributed by atoms with Crippen molar-refractivity contribution in [3.8, 4) is 5.75 Å². The van der Waals surface area contributed by atoms with Crippen LogP contribution in [0.3, 0.4) is 0 Å². The molecule has 1 aromatic heterocycles. The van der Waals surface area contributed by atoms with Gasteiger partial charge in [0.15, 0.2) is 11.4 Å². The number of halogens is 3. The summed E-state index contributed by atoms with van der Waals surface area (Å²) in [7, 11) is 1.21. The normalized spacial score (nSPS) is 10.5. The fourth-order valence-electron chi connectivity index (χ4n) is 1.17. The fourth-order valence-corrected chi connectivity index (χ4v) is 1.47. The summed E-state index contributed by atoms with van der Waals surface area (Å²) in [6.45, 7) is 1.75. The van der Waals surface area contributed by atoms with Crippen molar-refractivity contribution in [2.75, 3.05) is 13.7 Å². The number of esters is 1. The van der Waals surface area contributed by atoms with Crippen molar-refractivity contribution in [1.29, 1.82) is 0 Å². The van der Waals surface area contributed by atoms with Gasteiger partial charge < -0.3 is 9.47 Å². The smallest absolute Gasteiger partial charge is 0.360 e. The van der Waals surface area contributed by atoms with Crippen molar-refractivity contribution in [2.45, 2.75) is 13.3 Å². The minimum atomic E-state index is -2.79. The zero-order valence-electron chi connectivity index (χ0n) is 9.17. The number of carbonyl (C=O) groups excluding carboxylic acids is 1. The number of hydrogen-bond donors (Lipinski definition) is 0. The Kier molecular flexibility index (Phi) is 4.62. The number of aromatic nitrogens is 1. The van der Waals surface area contributed by atoms with Crippen molar-refractivity contribution < 1.29 is 23.0 Å². The lowest BCUT2D eigenvalue weighted by Gasteiger charge is -2.11. The molecule has 17 heavy (non-hydrogen) atoms. The molecule has 0 radical (unpaired) electrons. The monoisotopic (exact) mass is 265 g/mol. The van der Waals surface area contributed by atoms with E-state index in [1.165, 1.54) is 7.11 Å². The third-order valence-electron chi connectivity index (χ3n) is 1.91. The second-order valence-electron chi connectivity index (χ2n) is 2.93. The van der Waals surface area contributed by atoms with Crippen LogP contribution in [0.5, 0.6) is 5.75 Å². The number of methoxy groups -OCH3 is 1. The minimum absolute atomic E-state index is 0.137. The van der Waals surface area contributed by atoms with Crippen LogP contribution in [0.25, 0.3) is 0 Å². The van der Waals surface area contributed by atoms with E-state index in [1.807, 2.05) is 0 Å². The molecule has 0 atom stereocenters. The lowest BCUT2D eigenvalue weighted by molar-refractivity contribution is 0.0514. The van der Waals surface area contributed by atoms with Crippen molar-refractivity contribution in [1.82, 2.24) is 4.98 Å². The molecule has 1 heterocycles. The zero-order valence-corrected chi connectivity index (χ0v) is 9.92. The molecule has 0 unspecified atom stereocenters. The molecule has 0 spiro atoms. The molecule has 0 aromatic carbocycles. The zero-order chi connectivity index (χ0) is 13.0. The Labute approximate surface area is 101 Å². The minimum Gasteiger partial charge on any atom is -0.493 e. The lowest BCUT2D eigenvalue weighted by atomic mass is 10.2. The highest BCUT2D eigenvalue weighted by Crippen LogP contribution is 2.35. The van der Waals surface area contributed by atoms with Gasteiger partial charge in [-0.05, 0) is 6.92 Å². The van der Waals surface area contributed by atoms with Crippen LogP contribution < -0.4 is 4.74 Å². The maximum Gasteiger partial charge on any atom is 0.360 e. The van der Waals surface area contributed by atoms with Gasteiger partial charge in [-0.25, -0.2) is 18.6 Å². The molecule has 0 fully saturated rings. The highest BCUT2D eigenvalue weighted by atomic mass is 35.5. The molecule has 4 nitrogen and oxygen atoms in total. The molecule has 0 bridgehead atoms. The Morgan fingerprint density at radius 1 is 1.59 bits per heavy atom. The van der Waals surface area contributed by atoms with Gasteiger partial charge in [-0.1, -0.05) is 11.6 Å². The number of nitrogens with zero attached hydrogens (tertiary/aromatic N) is 1. The van der Waals surface area contributed by atoms with Crippen LogP contribution in [0.4, 0.5) is 8.78 Å². The van der Waals surface area contributed by atoms with Crippen molar-refractivity contribution in [3.63, 3.8) is 0 Å². The lowest BCUT2D eigenvalue weighted by Crippen LogP contribution is -2.10. The van der Waals surface area contributed by atoms with E-state index in [0.717, 1.165) is 6.20 Å². The molecule has 94 valence electrons. The van der Waals surface area contributed by atoms with Crippen molar-refractivity contribution >= 4 is 17.6 Å². The maximum atomic E-state index is 12.5. The quantitative estimate of drug-likeness (QED) is 0.786. The average Bonchev–Trinajstić information content (AvgIpc) is 2.28. The Hall–Kier alpha value is -1.43. The Bertz CT molecular complexity index is 426. The summed E-state index contributed by atoms with van der Waals surface area (Å²) >= 11 is 5.70. The second kappa shape index (κ2) is 5.77. The van der Waals surface area contributed by atoms with Crippen LogP contribution in [0.1, 0.15) is 29.4 Å². The van der Waals surface area contributed by atoms with E-state index >= 15 is 0 Å². The summed E-state index contributed by atoms with van der Waals surface area (Å²) in [5, 5.41) is -0.333. The van der Waals surface area contributed by atoms with Crippen LogP contribution in [0.2, 0.25) is 5.02 Å². The molecule has 0 aliphatic heterocycles. The predicted molar refractivity (Wildman–Crippen MR) is 56.7 cm³/mol. The highest BCUT2D eigenvalue weighted by Gasteiger charge is 2.24. The molecule has 0 saturated heterocycles. The average molecular weight is 266 g/mol. The maximum absolute atomic E-state index is 12.5. The van der Waals surface area contributed by atoms with Crippen LogP contribution in [0.15, 0.2) is 6.20 Å². The van der Waals surface area contributed by atoms with E-state index < -0.39 is 18.0 Å². The molecule has 1 aromatic rings. The van der Waals surface area contributed by atoms with E-state index in [4.69, 9.17) is 21.1 Å². The van der Waals surface area contributed by atoms with E-state index in [9.17, 15) is 13.6 Å². The number of alkyl halides is 2. The molecule has 0 aliphatic carbocycles. The van der Waals surface area contributed by atoms with Gasteiger partial charge in [-0.3, -0.25) is 0 Å². The standard InChI is InChI=1S/C10H10ClF2NO3/c1-3-17-10(15)7-8(16-2)6(11)5(4-14-7)9(12)13/h4,9H,3H2,1-2H3. The molecule has 0 aliphatic rings. The number of hydrogen-bond acceptors (Lipinski definition) is 4. The molecule has 0 N–H and O–H groups in total. The first-order valence-corrected chi connectivity index (χ1v) is 5.08. The molecule has 0 amide bonds. The summed E-state index contributed by atoms with van der Waals surface area (Å²) in [4.78, 5) is 15.0. The van der Waals surface area contributed by atoms with Crippen molar-refractivity contribution in [3.05, 3.63) is 22.5 Å². The first kappa shape index (κ1) is 13.6. The van der Waals surface area contributed by atoms with Gasteiger partial charge in [0.1, 0.15) is 0 Å². The van der Waals surface area contributed by atoms with E-state index in [1.54, 1.807) is 6.92 Å². The van der Waals surface area contributed by atoms with Gasteiger partial charge in [0.25, 0.3) is 6.43 Å². The number of pyridine rings is 1. The fraction of sp³-hybridized carbons (Fsp3) is 0.400. The molecule has 7 heteroatoms. The number of rotatable bonds is 4. The third-order valence-corrected chi connectivity index (χ3v) is 2.30. The summed E-state index contributed by atoms with van der Waals surface area (Å²) in [6.07, 6.45) is -1.96. The summed E-state index contributed by atoms with van der Waals surface area (Å²) in [6, 6.07) is 0. The second-order valence-corrected chi connectivity index (χ2v) is 3.31. The van der Waals surface area contributed by atoms with E-state index in [2.05, 4.69) is 4.98 Å². The molecular formula is C10H10ClF2NO3. The largest absolute Gasteiger partial charge is 0.493 e. The van der Waals surface area contributed by atoms with Crippen LogP contribution >= 0.6 is 11.6 Å². The Morgan fingerprint density at radius 2 is 2.24 bits per heavy atom. The number of ether oxygens (including phenoxy) is 2. The first-order chi connectivity index (χ1) is 8.02. The van der Waals surface area contributed by atoms with Gasteiger partial charge in [0.2, 0.25) is 0 Å². The van der Waals surface area contributed by atoms with Crippen LogP contribution in [-0.4, -0.2) is 24.7 Å². The van der Waals surface area contributed by atoms with Crippen LogP contribution in [-0.2, 0) is 4.74 Å². The van der Waals surface area contributed by atoms with E-state index in [0.29, 0.717) is 0 Å². The van der Waals surface area contributed by atoms with Gasteiger partial charge in [0, 0.05) is 6.20 Å². The highest BCUT2D eigenvalue weighted by molar-refractivity contribution is 6.33.